The van der Waals surface area contributed by atoms with Crippen molar-refractivity contribution in [3.8, 4) is 22.9 Å². The number of amides is 1. The first-order valence-electron chi connectivity index (χ1n) is 9.15. The first-order chi connectivity index (χ1) is 13.5. The molecule has 3 aromatic rings. The van der Waals surface area contributed by atoms with E-state index in [1.54, 1.807) is 42.5 Å². The first kappa shape index (κ1) is 19.5. The van der Waals surface area contributed by atoms with Gasteiger partial charge in [-0.1, -0.05) is 32.0 Å². The van der Waals surface area contributed by atoms with Crippen LogP contribution in [0.1, 0.15) is 30.6 Å². The van der Waals surface area contributed by atoms with Gasteiger partial charge in [-0.3, -0.25) is 4.79 Å². The number of halogens is 1. The second kappa shape index (κ2) is 9.08. The lowest BCUT2D eigenvalue weighted by atomic mass is 10.1. The molecular formula is C22H22FN3O2. The van der Waals surface area contributed by atoms with Gasteiger partial charge in [0.05, 0.1) is 5.69 Å². The van der Waals surface area contributed by atoms with Crippen LogP contribution in [0, 0.1) is 11.7 Å². The largest absolute Gasteiger partial charge is 0.439 e. The maximum absolute atomic E-state index is 13.4. The van der Waals surface area contributed by atoms with Crippen molar-refractivity contribution >= 4 is 5.91 Å². The van der Waals surface area contributed by atoms with Crippen LogP contribution < -0.4 is 10.1 Å². The topological polar surface area (TPSA) is 64.1 Å². The molecule has 28 heavy (non-hydrogen) atoms. The molecule has 0 aliphatic rings. The number of benzene rings is 2. The van der Waals surface area contributed by atoms with Gasteiger partial charge in [0, 0.05) is 23.7 Å². The van der Waals surface area contributed by atoms with Crippen molar-refractivity contribution in [2.75, 3.05) is 6.54 Å². The van der Waals surface area contributed by atoms with E-state index in [9.17, 15) is 9.18 Å². The van der Waals surface area contributed by atoms with Gasteiger partial charge in [-0.2, -0.15) is 0 Å². The quantitative estimate of drug-likeness (QED) is 0.637. The summed E-state index contributed by atoms with van der Waals surface area (Å²) in [6, 6.07) is 14.7. The van der Waals surface area contributed by atoms with Gasteiger partial charge >= 0.3 is 0 Å². The Morgan fingerprint density at radius 2 is 1.93 bits per heavy atom. The zero-order chi connectivity index (χ0) is 19.9. The Morgan fingerprint density at radius 3 is 2.71 bits per heavy atom. The molecule has 2 aromatic carbocycles. The third kappa shape index (κ3) is 5.36. The summed E-state index contributed by atoms with van der Waals surface area (Å²) in [5.74, 6) is 0.844. The fourth-order valence-corrected chi connectivity index (χ4v) is 2.60. The molecule has 0 saturated carbocycles. The molecule has 1 aromatic heterocycles. The molecule has 0 unspecified atom stereocenters. The third-order valence-corrected chi connectivity index (χ3v) is 4.09. The maximum Gasteiger partial charge on any atom is 0.251 e. The van der Waals surface area contributed by atoms with Crippen LogP contribution in [0.3, 0.4) is 0 Å². The van der Waals surface area contributed by atoms with Gasteiger partial charge in [-0.05, 0) is 42.7 Å². The third-order valence-electron chi connectivity index (χ3n) is 4.09. The van der Waals surface area contributed by atoms with Gasteiger partial charge < -0.3 is 10.1 Å². The van der Waals surface area contributed by atoms with Crippen molar-refractivity contribution in [3.63, 3.8) is 0 Å². The van der Waals surface area contributed by atoms with Crippen LogP contribution >= 0.6 is 0 Å². The summed E-state index contributed by atoms with van der Waals surface area (Å²) < 4.78 is 19.2. The van der Waals surface area contributed by atoms with Crippen molar-refractivity contribution in [1.29, 1.82) is 0 Å². The Kier molecular flexibility index (Phi) is 6.32. The predicted octanol–water partition coefficient (Wildman–Crippen LogP) is 4.85. The maximum atomic E-state index is 13.4. The molecule has 0 aliphatic heterocycles. The summed E-state index contributed by atoms with van der Waals surface area (Å²) >= 11 is 0. The van der Waals surface area contributed by atoms with Crippen LogP contribution in [-0.2, 0) is 0 Å². The molecule has 1 N–H and O–H groups in total. The number of ether oxygens (including phenoxy) is 1. The molecule has 0 spiro atoms. The summed E-state index contributed by atoms with van der Waals surface area (Å²) in [5, 5.41) is 2.90. The number of carbonyl (C=O) groups excluding carboxylic acids is 1. The average Bonchev–Trinajstić information content (AvgIpc) is 2.68. The van der Waals surface area contributed by atoms with Crippen molar-refractivity contribution in [3.05, 3.63) is 72.3 Å². The molecule has 0 saturated heterocycles. The van der Waals surface area contributed by atoms with Gasteiger partial charge in [0.15, 0.2) is 0 Å². The zero-order valence-corrected chi connectivity index (χ0v) is 15.9. The number of aromatic nitrogens is 2. The standard InChI is InChI=1S/C22H22FN3O2/c1-15(2)9-10-24-22(27)17-6-4-8-19(12-17)28-21-13-20(25-14-26-21)16-5-3-7-18(23)11-16/h3-8,11-15H,9-10H2,1-2H3,(H,24,27). The first-order valence-corrected chi connectivity index (χ1v) is 9.15. The molecule has 1 heterocycles. The lowest BCUT2D eigenvalue weighted by Crippen LogP contribution is -2.25. The lowest BCUT2D eigenvalue weighted by Gasteiger charge is -2.09. The highest BCUT2D eigenvalue weighted by Crippen LogP contribution is 2.24. The van der Waals surface area contributed by atoms with E-state index < -0.39 is 0 Å². The Bertz CT molecular complexity index is 960. The van der Waals surface area contributed by atoms with E-state index in [0.29, 0.717) is 40.9 Å². The highest BCUT2D eigenvalue weighted by molar-refractivity contribution is 5.94. The van der Waals surface area contributed by atoms with E-state index in [2.05, 4.69) is 29.1 Å². The Hall–Kier alpha value is -3.28. The van der Waals surface area contributed by atoms with Crippen molar-refractivity contribution in [2.24, 2.45) is 5.92 Å². The minimum atomic E-state index is -0.338. The SMILES string of the molecule is CC(C)CCNC(=O)c1cccc(Oc2cc(-c3cccc(F)c3)ncn2)c1. The Balaban J connectivity index is 1.72. The highest BCUT2D eigenvalue weighted by atomic mass is 19.1. The number of hydrogen-bond donors (Lipinski definition) is 1. The van der Waals surface area contributed by atoms with Crippen LogP contribution in [-0.4, -0.2) is 22.4 Å². The zero-order valence-electron chi connectivity index (χ0n) is 15.9. The molecule has 144 valence electrons. The Morgan fingerprint density at radius 1 is 1.11 bits per heavy atom. The molecule has 0 bridgehead atoms. The fourth-order valence-electron chi connectivity index (χ4n) is 2.60. The predicted molar refractivity (Wildman–Crippen MR) is 106 cm³/mol. The van der Waals surface area contributed by atoms with Crippen LogP contribution in [0.5, 0.6) is 11.6 Å². The smallest absolute Gasteiger partial charge is 0.251 e. The van der Waals surface area contributed by atoms with Gasteiger partial charge in [0.25, 0.3) is 5.91 Å². The van der Waals surface area contributed by atoms with Crippen LogP contribution in [0.4, 0.5) is 4.39 Å². The molecule has 0 radical (unpaired) electrons. The summed E-state index contributed by atoms with van der Waals surface area (Å²) in [7, 11) is 0. The van der Waals surface area contributed by atoms with E-state index in [1.165, 1.54) is 18.5 Å². The molecule has 5 nitrogen and oxygen atoms in total. The second-order valence-electron chi connectivity index (χ2n) is 6.82. The molecule has 1 amide bonds. The minimum absolute atomic E-state index is 0.144. The molecule has 3 rings (SSSR count). The summed E-state index contributed by atoms with van der Waals surface area (Å²) in [5.41, 5.74) is 1.69. The minimum Gasteiger partial charge on any atom is -0.439 e. The number of rotatable bonds is 7. The van der Waals surface area contributed by atoms with E-state index in [0.717, 1.165) is 6.42 Å². The fraction of sp³-hybridized carbons (Fsp3) is 0.227. The van der Waals surface area contributed by atoms with Gasteiger partial charge in [-0.25, -0.2) is 14.4 Å². The van der Waals surface area contributed by atoms with Crippen molar-refractivity contribution in [2.45, 2.75) is 20.3 Å². The highest BCUT2D eigenvalue weighted by Gasteiger charge is 2.09. The van der Waals surface area contributed by atoms with E-state index in [4.69, 9.17) is 4.74 Å². The lowest BCUT2D eigenvalue weighted by molar-refractivity contribution is 0.0951. The molecule has 0 atom stereocenters. The monoisotopic (exact) mass is 379 g/mol. The second-order valence-corrected chi connectivity index (χ2v) is 6.82. The molecular weight excluding hydrogens is 357 g/mol. The summed E-state index contributed by atoms with van der Waals surface area (Å²) in [6.45, 7) is 4.85. The van der Waals surface area contributed by atoms with Gasteiger partial charge in [0.1, 0.15) is 17.9 Å². The van der Waals surface area contributed by atoms with Crippen molar-refractivity contribution < 1.29 is 13.9 Å². The molecule has 6 heteroatoms. The van der Waals surface area contributed by atoms with Crippen molar-refractivity contribution in [1.82, 2.24) is 15.3 Å². The normalized spacial score (nSPS) is 10.7. The van der Waals surface area contributed by atoms with Gasteiger partial charge in [0.2, 0.25) is 5.88 Å². The Labute approximate surface area is 163 Å². The molecule has 0 fully saturated rings. The van der Waals surface area contributed by atoms with E-state index in [-0.39, 0.29) is 11.7 Å². The summed E-state index contributed by atoms with van der Waals surface area (Å²) in [4.78, 5) is 20.5. The number of nitrogens with one attached hydrogen (secondary N) is 1. The van der Waals surface area contributed by atoms with Gasteiger partial charge in [-0.15, -0.1) is 0 Å². The average molecular weight is 379 g/mol. The number of nitrogens with zero attached hydrogens (tertiary/aromatic N) is 2. The number of carbonyl (C=O) groups is 1. The van der Waals surface area contributed by atoms with E-state index in [1.807, 2.05) is 0 Å². The van der Waals surface area contributed by atoms with Crippen LogP contribution in [0.25, 0.3) is 11.3 Å². The number of hydrogen-bond acceptors (Lipinski definition) is 4. The van der Waals surface area contributed by atoms with E-state index >= 15 is 0 Å². The summed E-state index contributed by atoms with van der Waals surface area (Å²) in [6.07, 6.45) is 2.28. The van der Waals surface area contributed by atoms with Crippen LogP contribution in [0.15, 0.2) is 60.9 Å². The molecule has 0 aliphatic carbocycles. The van der Waals surface area contributed by atoms with Crippen LogP contribution in [0.2, 0.25) is 0 Å².